The van der Waals surface area contributed by atoms with Crippen LogP contribution in [0.4, 0.5) is 13.2 Å². The minimum absolute atomic E-state index is 0.0375. The molecule has 1 aromatic rings. The van der Waals surface area contributed by atoms with Crippen LogP contribution in [0.1, 0.15) is 31.2 Å². The first kappa shape index (κ1) is 21.1. The van der Waals surface area contributed by atoms with Gasteiger partial charge in [0.05, 0.1) is 7.11 Å². The molecule has 0 unspecified atom stereocenters. The SMILES string of the molecule is COc1ccccc1CCCCNC(=O)C1CCN(C(=O)C(F)(F)F)CC1. The van der Waals surface area contributed by atoms with Gasteiger partial charge in [-0.15, -0.1) is 0 Å². The Morgan fingerprint density at radius 2 is 1.85 bits per heavy atom. The fraction of sp³-hybridized carbons (Fsp3) is 0.579. The summed E-state index contributed by atoms with van der Waals surface area (Å²) in [5.74, 6) is -1.46. The van der Waals surface area contributed by atoms with Crippen LogP contribution in [-0.4, -0.2) is 49.6 Å². The number of nitrogens with zero attached hydrogens (tertiary/aromatic N) is 1. The summed E-state index contributed by atoms with van der Waals surface area (Å²) in [6.45, 7) is 0.449. The van der Waals surface area contributed by atoms with Crippen molar-refractivity contribution in [3.63, 3.8) is 0 Å². The van der Waals surface area contributed by atoms with Crippen LogP contribution in [-0.2, 0) is 16.0 Å². The van der Waals surface area contributed by atoms with Gasteiger partial charge in [-0.1, -0.05) is 18.2 Å². The molecule has 5 nitrogen and oxygen atoms in total. The Balaban J connectivity index is 1.65. The van der Waals surface area contributed by atoms with Crippen molar-refractivity contribution in [1.29, 1.82) is 0 Å². The van der Waals surface area contributed by atoms with Crippen molar-refractivity contribution in [2.24, 2.45) is 5.92 Å². The second-order valence-electron chi connectivity index (χ2n) is 6.62. The van der Waals surface area contributed by atoms with Crippen molar-refractivity contribution in [2.75, 3.05) is 26.7 Å². The van der Waals surface area contributed by atoms with Crippen molar-refractivity contribution in [3.8, 4) is 5.75 Å². The van der Waals surface area contributed by atoms with Crippen LogP contribution in [0.15, 0.2) is 24.3 Å². The number of aryl methyl sites for hydroxylation is 1. The molecule has 1 aliphatic heterocycles. The molecule has 8 heteroatoms. The number of hydrogen-bond donors (Lipinski definition) is 1. The Bertz CT molecular complexity index is 641. The number of carbonyl (C=O) groups excluding carboxylic acids is 2. The van der Waals surface area contributed by atoms with Gasteiger partial charge in [-0.2, -0.15) is 13.2 Å². The number of carbonyl (C=O) groups is 2. The first-order valence-corrected chi connectivity index (χ1v) is 9.08. The average Bonchev–Trinajstić information content (AvgIpc) is 2.66. The average molecular weight is 386 g/mol. The zero-order valence-corrected chi connectivity index (χ0v) is 15.3. The van der Waals surface area contributed by atoms with Crippen LogP contribution in [0.25, 0.3) is 0 Å². The number of alkyl halides is 3. The number of halogens is 3. The standard InChI is InChI=1S/C19H25F3N2O3/c1-27-16-8-3-2-6-14(16)7-4-5-11-23-17(25)15-9-12-24(13-10-15)18(26)19(20,21)22/h2-3,6,8,15H,4-5,7,9-13H2,1H3,(H,23,25). The van der Waals surface area contributed by atoms with E-state index in [0.717, 1.165) is 35.5 Å². The van der Waals surface area contributed by atoms with Gasteiger partial charge in [0, 0.05) is 25.6 Å². The van der Waals surface area contributed by atoms with E-state index in [9.17, 15) is 22.8 Å². The predicted molar refractivity (Wildman–Crippen MR) is 94.3 cm³/mol. The van der Waals surface area contributed by atoms with Crippen LogP contribution in [0.5, 0.6) is 5.75 Å². The van der Waals surface area contributed by atoms with Crippen molar-refractivity contribution in [2.45, 2.75) is 38.3 Å². The third kappa shape index (κ3) is 6.15. The highest BCUT2D eigenvalue weighted by Crippen LogP contribution is 2.24. The van der Waals surface area contributed by atoms with E-state index in [1.807, 2.05) is 24.3 Å². The molecule has 150 valence electrons. The highest BCUT2D eigenvalue weighted by atomic mass is 19.4. The second kappa shape index (κ2) is 9.62. The quantitative estimate of drug-likeness (QED) is 0.733. The molecule has 0 spiro atoms. The summed E-state index contributed by atoms with van der Waals surface area (Å²) < 4.78 is 42.6. The summed E-state index contributed by atoms with van der Waals surface area (Å²) in [5.41, 5.74) is 1.12. The summed E-state index contributed by atoms with van der Waals surface area (Å²) in [4.78, 5) is 24.1. The number of likely N-dealkylation sites (tertiary alicyclic amines) is 1. The number of unbranched alkanes of at least 4 members (excludes halogenated alkanes) is 1. The number of rotatable bonds is 7. The van der Waals surface area contributed by atoms with E-state index in [0.29, 0.717) is 6.54 Å². The third-order valence-electron chi connectivity index (χ3n) is 4.76. The summed E-state index contributed by atoms with van der Waals surface area (Å²) in [6.07, 6.45) is -1.80. The van der Waals surface area contributed by atoms with E-state index < -0.39 is 12.1 Å². The lowest BCUT2D eigenvalue weighted by Gasteiger charge is -2.31. The van der Waals surface area contributed by atoms with E-state index in [2.05, 4.69) is 5.32 Å². The molecule has 0 radical (unpaired) electrons. The van der Waals surface area contributed by atoms with Gasteiger partial charge >= 0.3 is 12.1 Å². The maximum Gasteiger partial charge on any atom is 0.471 e. The van der Waals surface area contributed by atoms with Gasteiger partial charge in [-0.3, -0.25) is 9.59 Å². The maximum atomic E-state index is 12.4. The lowest BCUT2D eigenvalue weighted by atomic mass is 9.95. The fourth-order valence-corrected chi connectivity index (χ4v) is 3.23. The van der Waals surface area contributed by atoms with E-state index in [1.54, 1.807) is 7.11 Å². The summed E-state index contributed by atoms with van der Waals surface area (Å²) in [7, 11) is 1.63. The number of methoxy groups -OCH3 is 1. The minimum Gasteiger partial charge on any atom is -0.496 e. The molecule has 0 aliphatic carbocycles. The molecular weight excluding hydrogens is 361 g/mol. The van der Waals surface area contributed by atoms with Gasteiger partial charge in [-0.05, 0) is 43.7 Å². The van der Waals surface area contributed by atoms with E-state index >= 15 is 0 Å². The molecule has 1 heterocycles. The Labute approximate surface area is 156 Å². The molecular formula is C19H25F3N2O3. The molecule has 1 fully saturated rings. The number of nitrogens with one attached hydrogen (secondary N) is 1. The topological polar surface area (TPSA) is 58.6 Å². The molecule has 1 N–H and O–H groups in total. The first-order valence-electron chi connectivity index (χ1n) is 9.08. The van der Waals surface area contributed by atoms with Gasteiger partial charge in [0.15, 0.2) is 0 Å². The number of para-hydroxylation sites is 1. The van der Waals surface area contributed by atoms with Gasteiger partial charge in [-0.25, -0.2) is 0 Å². The summed E-state index contributed by atoms with van der Waals surface area (Å²) in [6, 6.07) is 7.78. The minimum atomic E-state index is -4.85. The number of benzene rings is 1. The number of ether oxygens (including phenoxy) is 1. The molecule has 2 amide bonds. The Morgan fingerprint density at radius 1 is 1.19 bits per heavy atom. The van der Waals surface area contributed by atoms with Crippen LogP contribution in [0.3, 0.4) is 0 Å². The van der Waals surface area contributed by atoms with E-state index in [1.165, 1.54) is 0 Å². The highest BCUT2D eigenvalue weighted by molar-refractivity contribution is 5.83. The van der Waals surface area contributed by atoms with E-state index in [4.69, 9.17) is 4.74 Å². The van der Waals surface area contributed by atoms with Gasteiger partial charge < -0.3 is 15.0 Å². The van der Waals surface area contributed by atoms with Crippen molar-refractivity contribution < 1.29 is 27.5 Å². The summed E-state index contributed by atoms with van der Waals surface area (Å²) >= 11 is 0. The normalized spacial score (nSPS) is 15.5. The number of hydrogen-bond acceptors (Lipinski definition) is 3. The predicted octanol–water partition coefficient (Wildman–Crippen LogP) is 2.94. The fourth-order valence-electron chi connectivity index (χ4n) is 3.23. The zero-order chi connectivity index (χ0) is 19.9. The molecule has 1 saturated heterocycles. The lowest BCUT2D eigenvalue weighted by molar-refractivity contribution is -0.186. The van der Waals surface area contributed by atoms with Crippen LogP contribution < -0.4 is 10.1 Å². The van der Waals surface area contributed by atoms with Crippen molar-refractivity contribution in [1.82, 2.24) is 10.2 Å². The van der Waals surface area contributed by atoms with Crippen LogP contribution in [0.2, 0.25) is 0 Å². The monoisotopic (exact) mass is 386 g/mol. The molecule has 27 heavy (non-hydrogen) atoms. The van der Waals surface area contributed by atoms with Gasteiger partial charge in [0.2, 0.25) is 5.91 Å². The van der Waals surface area contributed by atoms with Crippen LogP contribution in [0, 0.1) is 5.92 Å². The maximum absolute atomic E-state index is 12.4. The molecule has 0 aromatic heterocycles. The Hall–Kier alpha value is -2.25. The largest absolute Gasteiger partial charge is 0.496 e. The van der Waals surface area contributed by atoms with Gasteiger partial charge in [0.25, 0.3) is 0 Å². The number of amides is 2. The Kier molecular flexibility index (Phi) is 7.50. The molecule has 0 saturated carbocycles. The Morgan fingerprint density at radius 3 is 2.48 bits per heavy atom. The molecule has 0 bridgehead atoms. The van der Waals surface area contributed by atoms with Crippen molar-refractivity contribution in [3.05, 3.63) is 29.8 Å². The van der Waals surface area contributed by atoms with Crippen LogP contribution >= 0.6 is 0 Å². The zero-order valence-electron chi connectivity index (χ0n) is 15.3. The van der Waals surface area contributed by atoms with E-state index in [-0.39, 0.29) is 37.8 Å². The summed E-state index contributed by atoms with van der Waals surface area (Å²) in [5, 5.41) is 2.85. The van der Waals surface area contributed by atoms with Crippen molar-refractivity contribution >= 4 is 11.8 Å². The molecule has 1 aromatic carbocycles. The third-order valence-corrected chi connectivity index (χ3v) is 4.76. The molecule has 2 rings (SSSR count). The molecule has 0 atom stereocenters. The second-order valence-corrected chi connectivity index (χ2v) is 6.62. The lowest BCUT2D eigenvalue weighted by Crippen LogP contribution is -2.47. The first-order chi connectivity index (χ1) is 12.8. The van der Waals surface area contributed by atoms with Gasteiger partial charge in [0.1, 0.15) is 5.75 Å². The number of piperidine rings is 1. The molecule has 1 aliphatic rings. The smallest absolute Gasteiger partial charge is 0.471 e. The highest BCUT2D eigenvalue weighted by Gasteiger charge is 2.43.